The Morgan fingerprint density at radius 3 is 3.00 bits per heavy atom. The van der Waals surface area contributed by atoms with Crippen LogP contribution in [0.1, 0.15) is 24.4 Å². The van der Waals surface area contributed by atoms with Gasteiger partial charge in [0.1, 0.15) is 11.6 Å². The number of hydrogen-bond donors (Lipinski definition) is 2. The molecule has 2 heterocycles. The summed E-state index contributed by atoms with van der Waals surface area (Å²) in [5.41, 5.74) is 5.45. The lowest BCUT2D eigenvalue weighted by atomic mass is 10.2. The van der Waals surface area contributed by atoms with Crippen molar-refractivity contribution in [1.29, 1.82) is 0 Å². The summed E-state index contributed by atoms with van der Waals surface area (Å²) in [5, 5.41) is 0.781. The Balaban J connectivity index is 2.30. The third-order valence-electron chi connectivity index (χ3n) is 2.50. The zero-order chi connectivity index (χ0) is 11.5. The van der Waals surface area contributed by atoms with Crippen molar-refractivity contribution in [2.75, 3.05) is 17.2 Å². The minimum absolute atomic E-state index is 0.159. The molecule has 4 nitrogen and oxygen atoms in total. The fraction of sp³-hybridized carbons (Fsp3) is 0.600. The third kappa shape index (κ3) is 2.55. The maximum Gasteiger partial charge on any atom is 0.253 e. The number of nitrogen functional groups attached to an aromatic ring is 1. The van der Waals surface area contributed by atoms with Crippen LogP contribution >= 0.6 is 23.5 Å². The molecule has 6 heteroatoms. The van der Waals surface area contributed by atoms with Gasteiger partial charge in [0.25, 0.3) is 5.56 Å². The number of anilines is 1. The molecule has 16 heavy (non-hydrogen) atoms. The van der Waals surface area contributed by atoms with Crippen LogP contribution in [0.3, 0.4) is 0 Å². The normalized spacial score (nSPS) is 25.6. The third-order valence-corrected chi connectivity index (χ3v) is 5.76. The van der Waals surface area contributed by atoms with Crippen molar-refractivity contribution in [2.24, 2.45) is 0 Å². The van der Waals surface area contributed by atoms with Gasteiger partial charge in [-0.15, -0.1) is 11.8 Å². The summed E-state index contributed by atoms with van der Waals surface area (Å²) in [4.78, 5) is 18.4. The molecule has 2 atom stereocenters. The molecule has 1 saturated heterocycles. The Bertz CT molecular complexity index is 421. The molecule has 1 aliphatic rings. The summed E-state index contributed by atoms with van der Waals surface area (Å²) >= 11 is 3.81. The predicted molar refractivity (Wildman–Crippen MR) is 71.0 cm³/mol. The summed E-state index contributed by atoms with van der Waals surface area (Å²) in [5.74, 6) is 3.31. The highest BCUT2D eigenvalue weighted by Gasteiger charge is 2.28. The minimum Gasteiger partial charge on any atom is -0.383 e. The molecule has 0 amide bonds. The molecule has 2 unspecified atom stereocenters. The summed E-state index contributed by atoms with van der Waals surface area (Å²) in [6.07, 6.45) is 1.08. The summed E-state index contributed by atoms with van der Waals surface area (Å²) < 4.78 is 0. The lowest BCUT2D eigenvalue weighted by Gasteiger charge is -2.28. The van der Waals surface area contributed by atoms with E-state index in [1.165, 1.54) is 11.8 Å². The average molecular weight is 257 g/mol. The molecule has 1 aliphatic heterocycles. The Morgan fingerprint density at radius 1 is 1.56 bits per heavy atom. The van der Waals surface area contributed by atoms with Crippen LogP contribution < -0.4 is 11.3 Å². The van der Waals surface area contributed by atoms with Crippen molar-refractivity contribution in [1.82, 2.24) is 9.97 Å². The standard InChI is InChI=1S/C10H15N3OS2/c1-2-6-9(16-4-3-15-6)10-12-7(11)5-8(14)13-10/h5-6,9H,2-4H2,1H3,(H3,11,12,13,14). The van der Waals surface area contributed by atoms with Gasteiger partial charge in [-0.25, -0.2) is 4.98 Å². The maximum absolute atomic E-state index is 11.4. The maximum atomic E-state index is 11.4. The first kappa shape index (κ1) is 11.9. The first-order valence-corrected chi connectivity index (χ1v) is 7.40. The topological polar surface area (TPSA) is 71.8 Å². The van der Waals surface area contributed by atoms with E-state index in [0.717, 1.165) is 18.0 Å². The van der Waals surface area contributed by atoms with Crippen molar-refractivity contribution in [3.05, 3.63) is 22.2 Å². The molecule has 0 aliphatic carbocycles. The molecule has 0 spiro atoms. The van der Waals surface area contributed by atoms with Gasteiger partial charge >= 0.3 is 0 Å². The van der Waals surface area contributed by atoms with Crippen molar-refractivity contribution in [3.63, 3.8) is 0 Å². The Hall–Kier alpha value is -0.620. The number of rotatable bonds is 2. The van der Waals surface area contributed by atoms with Crippen LogP contribution in [0.15, 0.2) is 10.9 Å². The average Bonchev–Trinajstić information content (AvgIpc) is 2.27. The number of hydrogen-bond acceptors (Lipinski definition) is 5. The van der Waals surface area contributed by atoms with Crippen LogP contribution in [-0.4, -0.2) is 26.7 Å². The van der Waals surface area contributed by atoms with Gasteiger partial charge in [-0.2, -0.15) is 11.8 Å². The smallest absolute Gasteiger partial charge is 0.253 e. The van der Waals surface area contributed by atoms with Gasteiger partial charge in [-0.1, -0.05) is 6.92 Å². The number of thioether (sulfide) groups is 2. The van der Waals surface area contributed by atoms with Gasteiger partial charge in [-0.05, 0) is 6.42 Å². The second-order valence-electron chi connectivity index (χ2n) is 3.66. The van der Waals surface area contributed by atoms with E-state index >= 15 is 0 Å². The molecule has 1 fully saturated rings. The van der Waals surface area contributed by atoms with E-state index in [4.69, 9.17) is 5.73 Å². The summed E-state index contributed by atoms with van der Waals surface area (Å²) in [6.45, 7) is 2.17. The van der Waals surface area contributed by atoms with Crippen LogP contribution in [0.25, 0.3) is 0 Å². The van der Waals surface area contributed by atoms with E-state index in [0.29, 0.717) is 11.1 Å². The molecule has 1 aromatic heterocycles. The highest BCUT2D eigenvalue weighted by molar-refractivity contribution is 8.06. The fourth-order valence-corrected chi connectivity index (χ4v) is 4.80. The van der Waals surface area contributed by atoms with Crippen LogP contribution in [0.2, 0.25) is 0 Å². The van der Waals surface area contributed by atoms with Crippen LogP contribution in [0, 0.1) is 0 Å². The summed E-state index contributed by atoms with van der Waals surface area (Å²) in [6, 6.07) is 1.32. The fourth-order valence-electron chi connectivity index (χ4n) is 1.79. The molecule has 3 N–H and O–H groups in total. The highest BCUT2D eigenvalue weighted by Crippen LogP contribution is 2.42. The van der Waals surface area contributed by atoms with E-state index in [1.54, 1.807) is 0 Å². The highest BCUT2D eigenvalue weighted by atomic mass is 32.2. The van der Waals surface area contributed by atoms with Crippen LogP contribution in [0.4, 0.5) is 5.82 Å². The SMILES string of the molecule is CCC1SCCSC1c1nc(N)cc(=O)[nH]1. The molecule has 1 aromatic rings. The molecule has 0 saturated carbocycles. The van der Waals surface area contributed by atoms with E-state index in [2.05, 4.69) is 16.9 Å². The monoisotopic (exact) mass is 257 g/mol. The number of H-pyrrole nitrogens is 1. The van der Waals surface area contributed by atoms with Crippen molar-refractivity contribution in [2.45, 2.75) is 23.8 Å². The quantitative estimate of drug-likeness (QED) is 0.843. The molecule has 0 aromatic carbocycles. The van der Waals surface area contributed by atoms with E-state index < -0.39 is 0 Å². The molecular formula is C10H15N3OS2. The first-order chi connectivity index (χ1) is 7.70. The zero-order valence-electron chi connectivity index (χ0n) is 9.10. The molecule has 0 radical (unpaired) electrons. The van der Waals surface area contributed by atoms with Crippen molar-refractivity contribution < 1.29 is 0 Å². The summed E-state index contributed by atoms with van der Waals surface area (Å²) in [7, 11) is 0. The van der Waals surface area contributed by atoms with Crippen LogP contribution in [0.5, 0.6) is 0 Å². The first-order valence-electron chi connectivity index (χ1n) is 5.30. The van der Waals surface area contributed by atoms with Crippen molar-refractivity contribution in [3.8, 4) is 0 Å². The Labute approximate surface area is 103 Å². The molecule has 2 rings (SSSR count). The number of nitrogens with one attached hydrogen (secondary N) is 1. The largest absolute Gasteiger partial charge is 0.383 e. The van der Waals surface area contributed by atoms with E-state index in [1.807, 2.05) is 23.5 Å². The van der Waals surface area contributed by atoms with E-state index in [-0.39, 0.29) is 10.8 Å². The van der Waals surface area contributed by atoms with Gasteiger partial charge in [0.05, 0.1) is 5.25 Å². The molecule has 0 bridgehead atoms. The Morgan fingerprint density at radius 2 is 2.31 bits per heavy atom. The number of aromatic nitrogens is 2. The number of aromatic amines is 1. The van der Waals surface area contributed by atoms with Crippen LogP contribution in [-0.2, 0) is 0 Å². The van der Waals surface area contributed by atoms with E-state index in [9.17, 15) is 4.79 Å². The lowest BCUT2D eigenvalue weighted by molar-refractivity contribution is 0.747. The predicted octanol–water partition coefficient (Wildman–Crippen LogP) is 1.65. The minimum atomic E-state index is -0.159. The van der Waals surface area contributed by atoms with Crippen molar-refractivity contribution >= 4 is 29.3 Å². The van der Waals surface area contributed by atoms with Gasteiger partial charge in [0, 0.05) is 22.8 Å². The van der Waals surface area contributed by atoms with Gasteiger partial charge in [-0.3, -0.25) is 4.79 Å². The number of nitrogens with zero attached hydrogens (tertiary/aromatic N) is 1. The number of nitrogens with two attached hydrogens (primary N) is 1. The second kappa shape index (κ2) is 5.14. The second-order valence-corrected chi connectivity index (χ2v) is 6.26. The van der Waals surface area contributed by atoms with Gasteiger partial charge in [0.2, 0.25) is 0 Å². The molecule has 88 valence electrons. The Kier molecular flexibility index (Phi) is 3.81. The van der Waals surface area contributed by atoms with Gasteiger partial charge < -0.3 is 10.7 Å². The zero-order valence-corrected chi connectivity index (χ0v) is 10.7. The van der Waals surface area contributed by atoms with Gasteiger partial charge in [0.15, 0.2) is 0 Å². The lowest BCUT2D eigenvalue weighted by Crippen LogP contribution is -2.23. The molecular weight excluding hydrogens is 242 g/mol.